The van der Waals surface area contributed by atoms with Crippen LogP contribution in [0.3, 0.4) is 0 Å². The fraction of sp³-hybridized carbons (Fsp3) is 0.208. The molecule has 28 heavy (non-hydrogen) atoms. The second-order valence-electron chi connectivity index (χ2n) is 7.00. The first-order valence-electron chi connectivity index (χ1n) is 9.45. The highest BCUT2D eigenvalue weighted by Crippen LogP contribution is 2.34. The second kappa shape index (κ2) is 8.17. The first kappa shape index (κ1) is 18.1. The van der Waals surface area contributed by atoms with E-state index in [-0.39, 0.29) is 18.9 Å². The Morgan fingerprint density at radius 1 is 0.964 bits per heavy atom. The van der Waals surface area contributed by atoms with Crippen molar-refractivity contribution in [2.45, 2.75) is 25.7 Å². The van der Waals surface area contributed by atoms with Gasteiger partial charge in [0.2, 0.25) is 0 Å². The van der Waals surface area contributed by atoms with E-state index in [0.29, 0.717) is 6.42 Å². The molecule has 0 N–H and O–H groups in total. The number of ether oxygens (including phenoxy) is 2. The highest BCUT2D eigenvalue weighted by atomic mass is 16.6. The van der Waals surface area contributed by atoms with Crippen molar-refractivity contribution < 1.29 is 14.3 Å². The summed E-state index contributed by atoms with van der Waals surface area (Å²) in [7, 11) is 1.72. The number of hydrogen-bond donors (Lipinski definition) is 0. The predicted molar refractivity (Wildman–Crippen MR) is 108 cm³/mol. The summed E-state index contributed by atoms with van der Waals surface area (Å²) in [5.74, 6) is 0.888. The van der Waals surface area contributed by atoms with Gasteiger partial charge in [0.1, 0.15) is 12.4 Å². The number of fused-ring (bicyclic) bond motifs is 1. The van der Waals surface area contributed by atoms with E-state index in [1.165, 1.54) is 10.5 Å². The summed E-state index contributed by atoms with van der Waals surface area (Å²) in [4.78, 5) is 14.0. The highest BCUT2D eigenvalue weighted by Gasteiger charge is 2.31. The number of benzene rings is 3. The van der Waals surface area contributed by atoms with Crippen LogP contribution < -0.4 is 4.74 Å². The largest absolute Gasteiger partial charge is 0.469 e. The van der Waals surface area contributed by atoms with Gasteiger partial charge in [-0.1, -0.05) is 78.9 Å². The third kappa shape index (κ3) is 4.01. The van der Waals surface area contributed by atoms with Crippen LogP contribution in [0.1, 0.15) is 22.3 Å². The maximum absolute atomic E-state index is 12.5. The maximum atomic E-state index is 12.5. The molecule has 1 aliphatic rings. The summed E-state index contributed by atoms with van der Waals surface area (Å²) in [6.07, 6.45) is 0.731. The smallest absolute Gasteiger partial charge is 0.412 e. The Morgan fingerprint density at radius 2 is 1.64 bits per heavy atom. The van der Waals surface area contributed by atoms with Crippen molar-refractivity contribution in [3.8, 4) is 5.75 Å². The highest BCUT2D eigenvalue weighted by molar-refractivity contribution is 5.68. The number of likely N-dealkylation sites (N-methyl/N-ethyl adjacent to an activating group) is 1. The van der Waals surface area contributed by atoms with E-state index in [0.717, 1.165) is 28.9 Å². The number of amides is 1. The summed E-state index contributed by atoms with van der Waals surface area (Å²) < 4.78 is 11.6. The maximum Gasteiger partial charge on any atom is 0.412 e. The third-order valence-corrected chi connectivity index (χ3v) is 4.99. The van der Waals surface area contributed by atoms with Crippen molar-refractivity contribution in [3.63, 3.8) is 0 Å². The quantitative estimate of drug-likeness (QED) is 0.644. The van der Waals surface area contributed by atoms with Gasteiger partial charge >= 0.3 is 6.09 Å². The lowest BCUT2D eigenvalue weighted by Crippen LogP contribution is -2.40. The van der Waals surface area contributed by atoms with Crippen LogP contribution in [-0.4, -0.2) is 24.3 Å². The molecule has 3 aromatic carbocycles. The molecule has 0 saturated carbocycles. The molecule has 1 unspecified atom stereocenters. The van der Waals surface area contributed by atoms with Gasteiger partial charge in [0, 0.05) is 25.5 Å². The Kier molecular flexibility index (Phi) is 5.29. The Hall–Kier alpha value is -3.27. The van der Waals surface area contributed by atoms with Crippen molar-refractivity contribution in [2.75, 3.05) is 7.05 Å². The topological polar surface area (TPSA) is 38.8 Å². The van der Waals surface area contributed by atoms with Crippen molar-refractivity contribution in [1.82, 2.24) is 4.90 Å². The zero-order chi connectivity index (χ0) is 19.3. The van der Waals surface area contributed by atoms with Gasteiger partial charge in [0.05, 0.1) is 0 Å². The molecule has 0 fully saturated rings. The fourth-order valence-electron chi connectivity index (χ4n) is 3.43. The fourth-order valence-corrected chi connectivity index (χ4v) is 3.43. The van der Waals surface area contributed by atoms with E-state index in [1.807, 2.05) is 48.5 Å². The summed E-state index contributed by atoms with van der Waals surface area (Å²) in [6, 6.07) is 26.2. The number of rotatable bonds is 5. The number of nitrogens with zero attached hydrogens (tertiary/aromatic N) is 1. The molecule has 4 nitrogen and oxygen atoms in total. The SMILES string of the molecule is CN(C(=O)OCc1ccccc1)C1Cc2cccc(Cc3ccccc3)c2O1. The van der Waals surface area contributed by atoms with Gasteiger partial charge in [-0.2, -0.15) is 0 Å². The van der Waals surface area contributed by atoms with Gasteiger partial charge in [0.25, 0.3) is 0 Å². The van der Waals surface area contributed by atoms with E-state index in [4.69, 9.17) is 9.47 Å². The molecule has 1 aliphatic heterocycles. The second-order valence-corrected chi connectivity index (χ2v) is 7.00. The molecular formula is C24H23NO3. The van der Waals surface area contributed by atoms with Crippen molar-refractivity contribution in [2.24, 2.45) is 0 Å². The molecule has 0 radical (unpaired) electrons. The zero-order valence-corrected chi connectivity index (χ0v) is 15.9. The first-order chi connectivity index (χ1) is 13.7. The summed E-state index contributed by atoms with van der Waals surface area (Å²) in [5, 5.41) is 0. The van der Waals surface area contributed by atoms with E-state index in [9.17, 15) is 4.79 Å². The normalized spacial score (nSPS) is 14.8. The molecule has 0 aliphatic carbocycles. The number of para-hydroxylation sites is 1. The third-order valence-electron chi connectivity index (χ3n) is 4.99. The van der Waals surface area contributed by atoms with E-state index in [2.05, 4.69) is 30.3 Å². The van der Waals surface area contributed by atoms with Crippen molar-refractivity contribution in [3.05, 3.63) is 101 Å². The van der Waals surface area contributed by atoms with Gasteiger partial charge in [-0.05, 0) is 16.7 Å². The first-order valence-corrected chi connectivity index (χ1v) is 9.45. The van der Waals surface area contributed by atoms with Crippen LogP contribution in [0.2, 0.25) is 0 Å². The zero-order valence-electron chi connectivity index (χ0n) is 15.9. The summed E-state index contributed by atoms with van der Waals surface area (Å²) in [5.41, 5.74) is 4.46. The van der Waals surface area contributed by atoms with Crippen LogP contribution in [0.25, 0.3) is 0 Å². The Morgan fingerprint density at radius 3 is 2.36 bits per heavy atom. The molecular weight excluding hydrogens is 350 g/mol. The number of carbonyl (C=O) groups excluding carboxylic acids is 1. The van der Waals surface area contributed by atoms with E-state index in [1.54, 1.807) is 7.05 Å². The van der Waals surface area contributed by atoms with Crippen LogP contribution in [-0.2, 0) is 24.2 Å². The van der Waals surface area contributed by atoms with Crippen LogP contribution >= 0.6 is 0 Å². The monoisotopic (exact) mass is 373 g/mol. The van der Waals surface area contributed by atoms with Crippen molar-refractivity contribution >= 4 is 6.09 Å². The molecule has 142 valence electrons. The Labute approximate surface area is 165 Å². The molecule has 0 saturated heterocycles. The van der Waals surface area contributed by atoms with Crippen molar-refractivity contribution in [1.29, 1.82) is 0 Å². The van der Waals surface area contributed by atoms with Gasteiger partial charge in [-0.25, -0.2) is 4.79 Å². The Balaban J connectivity index is 1.41. The standard InChI is InChI=1S/C24H23NO3/c1-25(24(26)27-17-19-11-6-3-7-12-19)22-16-21-14-8-13-20(23(21)28-22)15-18-9-4-2-5-10-18/h2-14,22H,15-17H2,1H3. The predicted octanol–water partition coefficient (Wildman–Crippen LogP) is 4.81. The van der Waals surface area contributed by atoms with Crippen LogP contribution in [0, 0.1) is 0 Å². The van der Waals surface area contributed by atoms with Gasteiger partial charge in [-0.15, -0.1) is 0 Å². The molecule has 1 heterocycles. The minimum atomic E-state index is -0.383. The molecule has 4 rings (SSSR count). The molecule has 3 aromatic rings. The molecule has 1 atom stereocenters. The number of carbonyl (C=O) groups is 1. The molecule has 0 spiro atoms. The minimum absolute atomic E-state index is 0.253. The summed E-state index contributed by atoms with van der Waals surface area (Å²) >= 11 is 0. The van der Waals surface area contributed by atoms with Crippen LogP contribution in [0.15, 0.2) is 78.9 Å². The van der Waals surface area contributed by atoms with Gasteiger partial charge < -0.3 is 9.47 Å². The molecule has 4 heteroatoms. The molecule has 0 aromatic heterocycles. The van der Waals surface area contributed by atoms with E-state index < -0.39 is 0 Å². The number of hydrogen-bond acceptors (Lipinski definition) is 3. The van der Waals surface area contributed by atoms with Gasteiger partial charge in [-0.3, -0.25) is 4.90 Å². The lowest BCUT2D eigenvalue weighted by Gasteiger charge is -2.23. The average molecular weight is 373 g/mol. The molecule has 1 amide bonds. The Bertz CT molecular complexity index is 941. The average Bonchev–Trinajstić information content (AvgIpc) is 3.18. The minimum Gasteiger partial charge on any atom is -0.469 e. The van der Waals surface area contributed by atoms with E-state index >= 15 is 0 Å². The van der Waals surface area contributed by atoms with Crippen LogP contribution in [0.5, 0.6) is 5.75 Å². The van der Waals surface area contributed by atoms with Crippen LogP contribution in [0.4, 0.5) is 4.79 Å². The lowest BCUT2D eigenvalue weighted by molar-refractivity contribution is 0.0371. The van der Waals surface area contributed by atoms with Gasteiger partial charge in [0.15, 0.2) is 6.23 Å². The summed E-state index contributed by atoms with van der Waals surface area (Å²) in [6.45, 7) is 0.253. The lowest BCUT2D eigenvalue weighted by atomic mass is 10.0. The molecule has 0 bridgehead atoms.